The van der Waals surface area contributed by atoms with Gasteiger partial charge >= 0.3 is 0 Å². The summed E-state index contributed by atoms with van der Waals surface area (Å²) in [6.45, 7) is 6.22. The summed E-state index contributed by atoms with van der Waals surface area (Å²) < 4.78 is 5.96. The Balaban J connectivity index is 1.65. The Hall–Kier alpha value is -1.02. The average Bonchev–Trinajstić information content (AvgIpc) is 3.20. The van der Waals surface area contributed by atoms with Gasteiger partial charge in [-0.1, -0.05) is 12.1 Å². The van der Waals surface area contributed by atoms with Crippen molar-refractivity contribution in [3.05, 3.63) is 28.8 Å². The van der Waals surface area contributed by atoms with Gasteiger partial charge in [0.1, 0.15) is 5.75 Å². The van der Waals surface area contributed by atoms with Gasteiger partial charge in [0.15, 0.2) is 0 Å². The third kappa shape index (κ3) is 3.05. The highest BCUT2D eigenvalue weighted by Gasteiger charge is 2.23. The first-order valence-electron chi connectivity index (χ1n) is 7.18. The van der Waals surface area contributed by atoms with Crippen LogP contribution in [0.2, 0.25) is 0 Å². The molecule has 2 nitrogen and oxygen atoms in total. The third-order valence-corrected chi connectivity index (χ3v) is 3.85. The molecule has 0 atom stereocenters. The van der Waals surface area contributed by atoms with E-state index in [9.17, 15) is 0 Å². The molecule has 0 amide bonds. The monoisotopic (exact) mass is 245 g/mol. The van der Waals surface area contributed by atoms with Gasteiger partial charge in [0, 0.05) is 12.6 Å². The summed E-state index contributed by atoms with van der Waals surface area (Å²) in [4.78, 5) is 0. The van der Waals surface area contributed by atoms with Crippen LogP contribution in [0.15, 0.2) is 12.1 Å². The minimum absolute atomic E-state index is 0.774. The van der Waals surface area contributed by atoms with E-state index in [1.54, 1.807) is 0 Å². The minimum Gasteiger partial charge on any atom is -0.493 e. The Bertz CT molecular complexity index is 410. The minimum atomic E-state index is 0.774. The molecule has 1 aromatic rings. The second-order valence-corrected chi connectivity index (χ2v) is 5.97. The highest BCUT2D eigenvalue weighted by Crippen LogP contribution is 2.32. The van der Waals surface area contributed by atoms with Crippen LogP contribution < -0.4 is 10.1 Å². The molecule has 0 saturated heterocycles. The van der Waals surface area contributed by atoms with Crippen LogP contribution in [0.3, 0.4) is 0 Å². The van der Waals surface area contributed by atoms with Crippen molar-refractivity contribution in [1.82, 2.24) is 5.32 Å². The van der Waals surface area contributed by atoms with Gasteiger partial charge in [-0.2, -0.15) is 0 Å². The SMILES string of the molecule is Cc1cc(CNC2CC2)cc(C)c1OCC1CC1. The van der Waals surface area contributed by atoms with Crippen LogP contribution in [-0.4, -0.2) is 12.6 Å². The van der Waals surface area contributed by atoms with Crippen molar-refractivity contribution in [3.63, 3.8) is 0 Å². The summed E-state index contributed by atoms with van der Waals surface area (Å²) in [6.07, 6.45) is 5.39. The van der Waals surface area contributed by atoms with Crippen LogP contribution in [0.25, 0.3) is 0 Å². The Morgan fingerprint density at radius 2 is 1.78 bits per heavy atom. The van der Waals surface area contributed by atoms with E-state index < -0.39 is 0 Å². The summed E-state index contributed by atoms with van der Waals surface area (Å²) in [5.41, 5.74) is 3.95. The molecule has 18 heavy (non-hydrogen) atoms. The van der Waals surface area contributed by atoms with Gasteiger partial charge < -0.3 is 10.1 Å². The van der Waals surface area contributed by atoms with Gasteiger partial charge in [0.25, 0.3) is 0 Å². The Labute approximate surface area is 110 Å². The van der Waals surface area contributed by atoms with E-state index in [1.165, 1.54) is 42.4 Å². The summed E-state index contributed by atoms with van der Waals surface area (Å²) >= 11 is 0. The van der Waals surface area contributed by atoms with Crippen LogP contribution in [0.4, 0.5) is 0 Å². The van der Waals surface area contributed by atoms with Gasteiger partial charge in [-0.25, -0.2) is 0 Å². The molecule has 1 N–H and O–H groups in total. The molecule has 2 aliphatic carbocycles. The molecular formula is C16H23NO. The highest BCUT2D eigenvalue weighted by atomic mass is 16.5. The standard InChI is InChI=1S/C16H23NO/c1-11-7-14(9-17-15-5-6-15)8-12(2)16(11)18-10-13-3-4-13/h7-8,13,15,17H,3-6,9-10H2,1-2H3. The van der Waals surface area contributed by atoms with Crippen molar-refractivity contribution in [2.24, 2.45) is 5.92 Å². The molecule has 0 radical (unpaired) electrons. The average molecular weight is 245 g/mol. The van der Waals surface area contributed by atoms with E-state index in [1.807, 2.05) is 0 Å². The molecule has 98 valence electrons. The van der Waals surface area contributed by atoms with E-state index in [2.05, 4.69) is 31.3 Å². The third-order valence-electron chi connectivity index (χ3n) is 3.85. The number of benzene rings is 1. The van der Waals surface area contributed by atoms with Crippen molar-refractivity contribution in [3.8, 4) is 5.75 Å². The van der Waals surface area contributed by atoms with Crippen molar-refractivity contribution in [2.75, 3.05) is 6.61 Å². The lowest BCUT2D eigenvalue weighted by atomic mass is 10.1. The van der Waals surface area contributed by atoms with E-state index in [0.29, 0.717) is 0 Å². The molecule has 2 heteroatoms. The maximum Gasteiger partial charge on any atom is 0.125 e. The van der Waals surface area contributed by atoms with Crippen molar-refractivity contribution >= 4 is 0 Å². The number of ether oxygens (including phenoxy) is 1. The van der Waals surface area contributed by atoms with E-state index in [0.717, 1.165) is 30.9 Å². The van der Waals surface area contributed by atoms with Crippen molar-refractivity contribution in [2.45, 2.75) is 52.1 Å². The summed E-state index contributed by atoms with van der Waals surface area (Å²) in [5.74, 6) is 1.93. The molecule has 0 unspecified atom stereocenters. The largest absolute Gasteiger partial charge is 0.493 e. The zero-order valence-corrected chi connectivity index (χ0v) is 11.5. The van der Waals surface area contributed by atoms with E-state index >= 15 is 0 Å². The zero-order chi connectivity index (χ0) is 12.5. The number of aryl methyl sites for hydroxylation is 2. The van der Waals surface area contributed by atoms with Crippen molar-refractivity contribution in [1.29, 1.82) is 0 Å². The molecule has 3 rings (SSSR count). The zero-order valence-electron chi connectivity index (χ0n) is 11.5. The highest BCUT2D eigenvalue weighted by molar-refractivity contribution is 5.43. The number of hydrogen-bond acceptors (Lipinski definition) is 2. The molecule has 0 spiro atoms. The van der Waals surface area contributed by atoms with Crippen LogP contribution in [0.5, 0.6) is 5.75 Å². The molecule has 0 aromatic heterocycles. The Kier molecular flexibility index (Phi) is 3.29. The predicted octanol–water partition coefficient (Wildman–Crippen LogP) is 3.34. The van der Waals surface area contributed by atoms with Gasteiger partial charge in [-0.05, 0) is 62.1 Å². The lowest BCUT2D eigenvalue weighted by Crippen LogP contribution is -2.15. The maximum absolute atomic E-state index is 5.96. The quantitative estimate of drug-likeness (QED) is 0.830. The van der Waals surface area contributed by atoms with E-state index in [-0.39, 0.29) is 0 Å². The smallest absolute Gasteiger partial charge is 0.125 e. The fraction of sp³-hybridized carbons (Fsp3) is 0.625. The van der Waals surface area contributed by atoms with Gasteiger partial charge in [0.05, 0.1) is 6.61 Å². The Morgan fingerprint density at radius 3 is 2.33 bits per heavy atom. The van der Waals surface area contributed by atoms with Gasteiger partial charge in [-0.15, -0.1) is 0 Å². The number of rotatable bonds is 6. The van der Waals surface area contributed by atoms with Crippen LogP contribution in [-0.2, 0) is 6.54 Å². The first-order chi connectivity index (χ1) is 8.72. The molecular weight excluding hydrogens is 222 g/mol. The lowest BCUT2D eigenvalue weighted by molar-refractivity contribution is 0.296. The number of hydrogen-bond donors (Lipinski definition) is 1. The molecule has 2 saturated carbocycles. The molecule has 2 fully saturated rings. The second-order valence-electron chi connectivity index (χ2n) is 5.97. The van der Waals surface area contributed by atoms with Gasteiger partial charge in [-0.3, -0.25) is 0 Å². The lowest BCUT2D eigenvalue weighted by Gasteiger charge is -2.14. The normalized spacial score (nSPS) is 19.0. The molecule has 1 aromatic carbocycles. The molecule has 2 aliphatic rings. The summed E-state index contributed by atoms with van der Waals surface area (Å²) in [5, 5.41) is 3.57. The summed E-state index contributed by atoms with van der Waals surface area (Å²) in [6, 6.07) is 5.31. The van der Waals surface area contributed by atoms with Crippen LogP contribution >= 0.6 is 0 Å². The topological polar surface area (TPSA) is 21.3 Å². The Morgan fingerprint density at radius 1 is 1.11 bits per heavy atom. The van der Waals surface area contributed by atoms with Crippen molar-refractivity contribution < 1.29 is 4.74 Å². The van der Waals surface area contributed by atoms with Crippen LogP contribution in [0, 0.1) is 19.8 Å². The fourth-order valence-corrected chi connectivity index (χ4v) is 2.41. The molecule has 0 aliphatic heterocycles. The fourth-order valence-electron chi connectivity index (χ4n) is 2.41. The van der Waals surface area contributed by atoms with Crippen LogP contribution in [0.1, 0.15) is 42.4 Å². The molecule has 0 bridgehead atoms. The van der Waals surface area contributed by atoms with Gasteiger partial charge in [0.2, 0.25) is 0 Å². The first-order valence-corrected chi connectivity index (χ1v) is 7.18. The second kappa shape index (κ2) is 4.93. The number of nitrogens with one attached hydrogen (secondary N) is 1. The van der Waals surface area contributed by atoms with E-state index in [4.69, 9.17) is 4.74 Å². The predicted molar refractivity (Wildman–Crippen MR) is 74.0 cm³/mol. The molecule has 0 heterocycles. The first kappa shape index (κ1) is 12.0. The maximum atomic E-state index is 5.96. The summed E-state index contributed by atoms with van der Waals surface area (Å²) in [7, 11) is 0.